The van der Waals surface area contributed by atoms with E-state index in [2.05, 4.69) is 4.98 Å². The van der Waals surface area contributed by atoms with E-state index < -0.39 is 5.97 Å². The molecule has 6 nitrogen and oxygen atoms in total. The van der Waals surface area contributed by atoms with Crippen LogP contribution in [0.25, 0.3) is 0 Å². The van der Waals surface area contributed by atoms with Crippen LogP contribution in [0.2, 0.25) is 0 Å². The molecule has 1 saturated heterocycles. The number of anilines is 1. The van der Waals surface area contributed by atoms with E-state index in [1.54, 1.807) is 47.5 Å². The minimum atomic E-state index is -0.567. The molecule has 23 heavy (non-hydrogen) atoms. The van der Waals surface area contributed by atoms with Crippen LogP contribution in [-0.2, 0) is 9.53 Å². The van der Waals surface area contributed by atoms with Gasteiger partial charge in [-0.05, 0) is 42.8 Å². The van der Waals surface area contributed by atoms with E-state index >= 15 is 0 Å². The molecule has 118 valence electrons. The number of rotatable bonds is 5. The maximum Gasteiger partial charge on any atom is 0.355 e. The van der Waals surface area contributed by atoms with Crippen LogP contribution in [0.3, 0.4) is 0 Å². The zero-order chi connectivity index (χ0) is 16.2. The summed E-state index contributed by atoms with van der Waals surface area (Å²) in [6, 6.07) is 10.0. The van der Waals surface area contributed by atoms with Gasteiger partial charge in [-0.15, -0.1) is 0 Å². The quantitative estimate of drug-likeness (QED) is 0.678. The fourth-order valence-electron chi connectivity index (χ4n) is 2.50. The number of ether oxygens (including phenoxy) is 1. The molecule has 1 fully saturated rings. The van der Waals surface area contributed by atoms with Gasteiger partial charge in [0.2, 0.25) is 5.91 Å². The molecule has 0 radical (unpaired) electrons. The van der Waals surface area contributed by atoms with Gasteiger partial charge in [-0.1, -0.05) is 0 Å². The highest BCUT2D eigenvalue weighted by Gasteiger charge is 2.21. The van der Waals surface area contributed by atoms with Crippen LogP contribution in [0, 0.1) is 0 Å². The van der Waals surface area contributed by atoms with Crippen molar-refractivity contribution in [2.45, 2.75) is 12.8 Å². The zero-order valence-corrected chi connectivity index (χ0v) is 12.5. The Kier molecular flexibility index (Phi) is 4.23. The Labute approximate surface area is 133 Å². The van der Waals surface area contributed by atoms with E-state index in [4.69, 9.17) is 4.74 Å². The largest absolute Gasteiger partial charge is 0.453 e. The summed E-state index contributed by atoms with van der Waals surface area (Å²) in [5.41, 5.74) is 1.54. The van der Waals surface area contributed by atoms with E-state index in [-0.39, 0.29) is 18.3 Å². The van der Waals surface area contributed by atoms with Crippen molar-refractivity contribution in [1.82, 2.24) is 4.98 Å². The lowest BCUT2D eigenvalue weighted by Crippen LogP contribution is -2.23. The number of carbonyl (C=O) groups is 3. The number of nitrogens with one attached hydrogen (secondary N) is 1. The first-order valence-corrected chi connectivity index (χ1v) is 7.39. The van der Waals surface area contributed by atoms with Crippen molar-refractivity contribution < 1.29 is 19.1 Å². The van der Waals surface area contributed by atoms with Crippen LogP contribution in [0.4, 0.5) is 5.69 Å². The van der Waals surface area contributed by atoms with Crippen LogP contribution >= 0.6 is 0 Å². The standard InChI is InChI=1S/C17H16N2O4/c20-15(11-23-17(22)14-3-1-9-18-14)12-5-7-13(8-6-12)19-10-2-4-16(19)21/h1,3,5-9,18H,2,4,10-11H2. The summed E-state index contributed by atoms with van der Waals surface area (Å²) in [6.07, 6.45) is 3.03. The Hall–Kier alpha value is -2.89. The van der Waals surface area contributed by atoms with Gasteiger partial charge in [-0.25, -0.2) is 4.79 Å². The number of hydrogen-bond donors (Lipinski definition) is 1. The van der Waals surface area contributed by atoms with E-state index in [9.17, 15) is 14.4 Å². The molecule has 1 aromatic carbocycles. The Morgan fingerprint density at radius 3 is 2.57 bits per heavy atom. The second-order valence-corrected chi connectivity index (χ2v) is 5.28. The van der Waals surface area contributed by atoms with Crippen molar-refractivity contribution >= 4 is 23.3 Å². The molecule has 1 amide bonds. The first-order chi connectivity index (χ1) is 11.1. The fourth-order valence-corrected chi connectivity index (χ4v) is 2.50. The highest BCUT2D eigenvalue weighted by Crippen LogP contribution is 2.21. The molecule has 0 aliphatic carbocycles. The number of benzene rings is 1. The van der Waals surface area contributed by atoms with E-state index in [1.165, 1.54) is 0 Å². The van der Waals surface area contributed by atoms with Gasteiger partial charge < -0.3 is 14.6 Å². The molecule has 1 aliphatic heterocycles. The molecule has 2 aromatic rings. The van der Waals surface area contributed by atoms with E-state index in [0.717, 1.165) is 12.1 Å². The van der Waals surface area contributed by atoms with Crippen LogP contribution in [0.5, 0.6) is 0 Å². The lowest BCUT2D eigenvalue weighted by Gasteiger charge is -2.15. The van der Waals surface area contributed by atoms with Gasteiger partial charge in [0.05, 0.1) is 0 Å². The average Bonchev–Trinajstić information content (AvgIpc) is 3.24. The second-order valence-electron chi connectivity index (χ2n) is 5.28. The molecule has 1 N–H and O–H groups in total. The number of amides is 1. The molecule has 1 aliphatic rings. The number of hydrogen-bond acceptors (Lipinski definition) is 4. The molecule has 2 heterocycles. The third-order valence-corrected chi connectivity index (χ3v) is 3.73. The maximum absolute atomic E-state index is 12.0. The molecule has 1 aromatic heterocycles. The maximum atomic E-state index is 12.0. The Morgan fingerprint density at radius 1 is 1.17 bits per heavy atom. The molecule has 6 heteroatoms. The Balaban J connectivity index is 1.59. The normalized spacial score (nSPS) is 14.1. The predicted molar refractivity (Wildman–Crippen MR) is 83.4 cm³/mol. The van der Waals surface area contributed by atoms with Crippen molar-refractivity contribution in [3.05, 3.63) is 53.9 Å². The molecular weight excluding hydrogens is 296 g/mol. The highest BCUT2D eigenvalue weighted by molar-refractivity contribution is 6.00. The lowest BCUT2D eigenvalue weighted by molar-refractivity contribution is -0.117. The summed E-state index contributed by atoms with van der Waals surface area (Å²) in [5, 5.41) is 0. The second kappa shape index (κ2) is 6.48. The van der Waals surface area contributed by atoms with Gasteiger partial charge in [0.1, 0.15) is 5.69 Å². The van der Waals surface area contributed by atoms with Gasteiger partial charge in [0.25, 0.3) is 0 Å². The molecule has 0 saturated carbocycles. The number of nitrogens with zero attached hydrogens (tertiary/aromatic N) is 1. The van der Waals surface area contributed by atoms with Crippen molar-refractivity contribution in [3.8, 4) is 0 Å². The smallest absolute Gasteiger partial charge is 0.355 e. The van der Waals surface area contributed by atoms with Crippen molar-refractivity contribution in [3.63, 3.8) is 0 Å². The number of Topliss-reactive ketones (excluding diaryl/α,β-unsaturated/α-hetero) is 1. The Morgan fingerprint density at radius 2 is 1.96 bits per heavy atom. The fraction of sp³-hybridized carbons (Fsp3) is 0.235. The van der Waals surface area contributed by atoms with Gasteiger partial charge in [0, 0.05) is 30.4 Å². The third-order valence-electron chi connectivity index (χ3n) is 3.73. The highest BCUT2D eigenvalue weighted by atomic mass is 16.5. The summed E-state index contributed by atoms with van der Waals surface area (Å²) in [7, 11) is 0. The third kappa shape index (κ3) is 3.31. The monoisotopic (exact) mass is 312 g/mol. The molecule has 0 spiro atoms. The number of aromatic nitrogens is 1. The minimum absolute atomic E-state index is 0.101. The van der Waals surface area contributed by atoms with Crippen LogP contribution in [0.15, 0.2) is 42.6 Å². The average molecular weight is 312 g/mol. The molecule has 0 atom stereocenters. The molecule has 0 unspecified atom stereocenters. The molecule has 0 bridgehead atoms. The predicted octanol–water partition coefficient (Wildman–Crippen LogP) is 2.18. The number of H-pyrrole nitrogens is 1. The van der Waals surface area contributed by atoms with Gasteiger partial charge in [-0.2, -0.15) is 0 Å². The Bertz CT molecular complexity index is 720. The summed E-state index contributed by atoms with van der Waals surface area (Å²) in [4.78, 5) is 39.8. The van der Waals surface area contributed by atoms with Crippen molar-refractivity contribution in [2.75, 3.05) is 18.1 Å². The minimum Gasteiger partial charge on any atom is -0.453 e. The zero-order valence-electron chi connectivity index (χ0n) is 12.5. The topological polar surface area (TPSA) is 79.5 Å². The van der Waals surface area contributed by atoms with Gasteiger partial charge >= 0.3 is 5.97 Å². The lowest BCUT2D eigenvalue weighted by atomic mass is 10.1. The first-order valence-electron chi connectivity index (χ1n) is 7.39. The van der Waals surface area contributed by atoms with Crippen molar-refractivity contribution in [2.24, 2.45) is 0 Å². The van der Waals surface area contributed by atoms with Crippen LogP contribution < -0.4 is 4.90 Å². The molecular formula is C17H16N2O4. The summed E-state index contributed by atoms with van der Waals surface area (Å²) < 4.78 is 4.97. The van der Waals surface area contributed by atoms with Crippen molar-refractivity contribution in [1.29, 1.82) is 0 Å². The summed E-state index contributed by atoms with van der Waals surface area (Å²) in [6.45, 7) is 0.389. The number of ketones is 1. The first kappa shape index (κ1) is 15.0. The number of carbonyl (C=O) groups excluding carboxylic acids is 3. The van der Waals surface area contributed by atoms with E-state index in [0.29, 0.717) is 24.2 Å². The summed E-state index contributed by atoms with van der Waals surface area (Å²) in [5.74, 6) is -0.754. The SMILES string of the molecule is O=C(COC(=O)c1ccc[nH]1)c1ccc(N2CCCC2=O)cc1. The van der Waals surface area contributed by atoms with Gasteiger partial charge in [-0.3, -0.25) is 9.59 Å². The number of esters is 1. The van der Waals surface area contributed by atoms with Crippen LogP contribution in [0.1, 0.15) is 33.7 Å². The summed E-state index contributed by atoms with van der Waals surface area (Å²) >= 11 is 0. The molecule has 3 rings (SSSR count). The number of aromatic amines is 1. The van der Waals surface area contributed by atoms with Gasteiger partial charge in [0.15, 0.2) is 12.4 Å². The van der Waals surface area contributed by atoms with E-state index in [1.807, 2.05) is 0 Å². The van der Waals surface area contributed by atoms with Crippen LogP contribution in [-0.4, -0.2) is 35.8 Å².